The van der Waals surface area contributed by atoms with Crippen LogP contribution in [-0.4, -0.2) is 35.9 Å². The predicted molar refractivity (Wildman–Crippen MR) is 66.4 cm³/mol. The summed E-state index contributed by atoms with van der Waals surface area (Å²) in [5.41, 5.74) is 0. The first-order chi connectivity index (χ1) is 8.86. The lowest BCUT2D eigenvalue weighted by atomic mass is 10.1. The normalized spacial score (nSPS) is 25.5. The van der Waals surface area contributed by atoms with E-state index in [4.69, 9.17) is 9.26 Å². The van der Waals surface area contributed by atoms with Crippen LogP contribution >= 0.6 is 0 Å². The van der Waals surface area contributed by atoms with Gasteiger partial charge < -0.3 is 14.6 Å². The summed E-state index contributed by atoms with van der Waals surface area (Å²) in [6, 6.07) is 0.503. The van der Waals surface area contributed by atoms with E-state index in [1.807, 2.05) is 0 Å². The fourth-order valence-electron chi connectivity index (χ4n) is 2.61. The number of ether oxygens (including phenoxy) is 1. The van der Waals surface area contributed by atoms with Crippen LogP contribution in [0.3, 0.4) is 0 Å². The average molecular weight is 251 g/mol. The molecule has 100 valence electrons. The van der Waals surface area contributed by atoms with Gasteiger partial charge in [0.05, 0.1) is 6.61 Å². The third-order valence-corrected chi connectivity index (χ3v) is 3.83. The summed E-state index contributed by atoms with van der Waals surface area (Å²) in [5, 5.41) is 7.62. The zero-order valence-corrected chi connectivity index (χ0v) is 10.9. The van der Waals surface area contributed by atoms with Gasteiger partial charge in [0.15, 0.2) is 5.82 Å². The molecule has 3 rings (SSSR count). The van der Waals surface area contributed by atoms with Crippen molar-refractivity contribution in [3.05, 3.63) is 11.7 Å². The number of nitrogens with zero attached hydrogens (tertiary/aromatic N) is 2. The number of aromatic nitrogens is 2. The van der Waals surface area contributed by atoms with Crippen LogP contribution in [0.1, 0.15) is 43.8 Å². The Labute approximate surface area is 107 Å². The topological polar surface area (TPSA) is 60.2 Å². The van der Waals surface area contributed by atoms with Gasteiger partial charge in [-0.15, -0.1) is 0 Å². The molecule has 0 spiro atoms. The van der Waals surface area contributed by atoms with Gasteiger partial charge >= 0.3 is 0 Å². The van der Waals surface area contributed by atoms with Crippen LogP contribution in [0.4, 0.5) is 0 Å². The second kappa shape index (κ2) is 5.36. The molecule has 0 amide bonds. The Morgan fingerprint density at radius 1 is 1.39 bits per heavy atom. The Kier molecular flexibility index (Phi) is 3.61. The SMILES string of the molecule is CCNC(Cc1nc(C2CCOC2)no1)C1CC1. The maximum absolute atomic E-state index is 5.38. The lowest BCUT2D eigenvalue weighted by Crippen LogP contribution is -2.33. The van der Waals surface area contributed by atoms with E-state index >= 15 is 0 Å². The van der Waals surface area contributed by atoms with Crippen molar-refractivity contribution in [3.63, 3.8) is 0 Å². The molecular formula is C13H21N3O2. The fraction of sp³-hybridized carbons (Fsp3) is 0.846. The molecule has 0 aromatic carbocycles. The molecule has 0 bridgehead atoms. The monoisotopic (exact) mass is 251 g/mol. The van der Waals surface area contributed by atoms with Crippen LogP contribution in [0.15, 0.2) is 4.52 Å². The summed E-state index contributed by atoms with van der Waals surface area (Å²) in [4.78, 5) is 4.53. The van der Waals surface area contributed by atoms with Crippen LogP contribution in [0.5, 0.6) is 0 Å². The van der Waals surface area contributed by atoms with Gasteiger partial charge in [0.25, 0.3) is 0 Å². The minimum Gasteiger partial charge on any atom is -0.381 e. The highest BCUT2D eigenvalue weighted by atomic mass is 16.5. The Balaban J connectivity index is 1.61. The van der Waals surface area contributed by atoms with Gasteiger partial charge in [0, 0.05) is 25.0 Å². The molecular weight excluding hydrogens is 230 g/mol. The van der Waals surface area contributed by atoms with Gasteiger partial charge in [-0.25, -0.2) is 0 Å². The minimum atomic E-state index is 0.334. The van der Waals surface area contributed by atoms with Crippen molar-refractivity contribution in [3.8, 4) is 0 Å². The van der Waals surface area contributed by atoms with Crippen LogP contribution in [0.25, 0.3) is 0 Å². The van der Waals surface area contributed by atoms with Crippen LogP contribution < -0.4 is 5.32 Å². The van der Waals surface area contributed by atoms with Crippen LogP contribution in [0.2, 0.25) is 0 Å². The van der Waals surface area contributed by atoms with Crippen LogP contribution in [-0.2, 0) is 11.2 Å². The first kappa shape index (κ1) is 12.1. The van der Waals surface area contributed by atoms with E-state index in [1.54, 1.807) is 0 Å². The first-order valence-electron chi connectivity index (χ1n) is 7.00. The Morgan fingerprint density at radius 2 is 2.28 bits per heavy atom. The van der Waals surface area contributed by atoms with Gasteiger partial charge in [0.1, 0.15) is 0 Å². The Bertz CT molecular complexity index is 383. The summed E-state index contributed by atoms with van der Waals surface area (Å²) in [6.07, 6.45) is 4.53. The number of rotatable bonds is 6. The highest BCUT2D eigenvalue weighted by Crippen LogP contribution is 2.34. The number of nitrogens with one attached hydrogen (secondary N) is 1. The highest BCUT2D eigenvalue weighted by molar-refractivity contribution is 5.00. The smallest absolute Gasteiger partial charge is 0.228 e. The molecule has 1 saturated heterocycles. The molecule has 1 N–H and O–H groups in total. The molecule has 1 saturated carbocycles. The van der Waals surface area contributed by atoms with E-state index in [0.717, 1.165) is 50.2 Å². The van der Waals surface area contributed by atoms with Crippen molar-refractivity contribution in [2.24, 2.45) is 5.92 Å². The zero-order chi connectivity index (χ0) is 12.4. The summed E-state index contributed by atoms with van der Waals surface area (Å²) >= 11 is 0. The third-order valence-electron chi connectivity index (χ3n) is 3.83. The summed E-state index contributed by atoms with van der Waals surface area (Å²) in [7, 11) is 0. The molecule has 1 aliphatic heterocycles. The Morgan fingerprint density at radius 3 is 2.94 bits per heavy atom. The largest absolute Gasteiger partial charge is 0.381 e. The molecule has 18 heavy (non-hydrogen) atoms. The average Bonchev–Trinajstić information content (AvgIpc) is 2.90. The van der Waals surface area contributed by atoms with Gasteiger partial charge in [-0.1, -0.05) is 12.1 Å². The van der Waals surface area contributed by atoms with E-state index in [2.05, 4.69) is 22.4 Å². The van der Waals surface area contributed by atoms with E-state index < -0.39 is 0 Å². The summed E-state index contributed by atoms with van der Waals surface area (Å²) < 4.78 is 10.7. The zero-order valence-electron chi connectivity index (χ0n) is 10.9. The highest BCUT2D eigenvalue weighted by Gasteiger charge is 2.32. The van der Waals surface area contributed by atoms with Crippen molar-refractivity contribution in [2.45, 2.75) is 44.6 Å². The lowest BCUT2D eigenvalue weighted by molar-refractivity contribution is 0.192. The second-order valence-corrected chi connectivity index (χ2v) is 5.31. The molecule has 2 aliphatic rings. The molecule has 1 aliphatic carbocycles. The number of hydrogen-bond donors (Lipinski definition) is 1. The molecule has 1 aromatic rings. The van der Waals surface area contributed by atoms with Crippen molar-refractivity contribution in [1.82, 2.24) is 15.5 Å². The number of likely N-dealkylation sites (N-methyl/N-ethyl adjacent to an activating group) is 1. The van der Waals surface area contributed by atoms with Crippen LogP contribution in [0, 0.1) is 5.92 Å². The fourth-order valence-corrected chi connectivity index (χ4v) is 2.61. The molecule has 2 fully saturated rings. The molecule has 0 radical (unpaired) electrons. The first-order valence-corrected chi connectivity index (χ1v) is 7.00. The molecule has 5 nitrogen and oxygen atoms in total. The standard InChI is InChI=1S/C13H21N3O2/c1-2-14-11(9-3-4-9)7-12-15-13(16-18-12)10-5-6-17-8-10/h9-11,14H,2-8H2,1H3. The number of hydrogen-bond acceptors (Lipinski definition) is 5. The second-order valence-electron chi connectivity index (χ2n) is 5.31. The minimum absolute atomic E-state index is 0.334. The van der Waals surface area contributed by atoms with E-state index in [1.165, 1.54) is 12.8 Å². The molecule has 2 heterocycles. The van der Waals surface area contributed by atoms with E-state index in [-0.39, 0.29) is 0 Å². The quantitative estimate of drug-likeness (QED) is 0.830. The predicted octanol–water partition coefficient (Wildman–Crippen LogP) is 1.50. The van der Waals surface area contributed by atoms with Gasteiger partial charge in [0.2, 0.25) is 5.89 Å². The maximum atomic E-state index is 5.38. The lowest BCUT2D eigenvalue weighted by Gasteiger charge is -2.14. The molecule has 1 aromatic heterocycles. The molecule has 5 heteroatoms. The van der Waals surface area contributed by atoms with Crippen molar-refractivity contribution < 1.29 is 9.26 Å². The summed E-state index contributed by atoms with van der Waals surface area (Å²) in [6.45, 7) is 4.69. The summed E-state index contributed by atoms with van der Waals surface area (Å²) in [5.74, 6) is 2.74. The van der Waals surface area contributed by atoms with Crippen molar-refractivity contribution in [1.29, 1.82) is 0 Å². The van der Waals surface area contributed by atoms with Gasteiger partial charge in [-0.3, -0.25) is 0 Å². The van der Waals surface area contributed by atoms with Gasteiger partial charge in [-0.05, 0) is 31.7 Å². The van der Waals surface area contributed by atoms with Crippen molar-refractivity contribution in [2.75, 3.05) is 19.8 Å². The Hall–Kier alpha value is -0.940. The van der Waals surface area contributed by atoms with Gasteiger partial charge in [-0.2, -0.15) is 4.98 Å². The van der Waals surface area contributed by atoms with E-state index in [0.29, 0.717) is 12.0 Å². The maximum Gasteiger partial charge on any atom is 0.228 e. The van der Waals surface area contributed by atoms with Crippen molar-refractivity contribution >= 4 is 0 Å². The van der Waals surface area contributed by atoms with E-state index in [9.17, 15) is 0 Å². The third kappa shape index (κ3) is 2.72. The molecule has 2 unspecified atom stereocenters. The molecule has 2 atom stereocenters.